The summed E-state index contributed by atoms with van der Waals surface area (Å²) in [5, 5.41) is 8.72. The lowest BCUT2D eigenvalue weighted by atomic mass is 9.96. The fraction of sp³-hybridized carbons (Fsp3) is 0.429. The summed E-state index contributed by atoms with van der Waals surface area (Å²) < 4.78 is 3.23. The van der Waals surface area contributed by atoms with Crippen LogP contribution in [-0.4, -0.2) is 20.2 Å². The van der Waals surface area contributed by atoms with Crippen LogP contribution in [0.5, 0.6) is 0 Å². The quantitative estimate of drug-likeness (QED) is 0.914. The molecule has 0 bridgehead atoms. The molecule has 0 aliphatic rings. The Bertz CT molecular complexity index is 682. The van der Waals surface area contributed by atoms with Crippen molar-refractivity contribution >= 4 is 17.0 Å². The minimum absolute atomic E-state index is 0.0506. The summed E-state index contributed by atoms with van der Waals surface area (Å²) in [5.41, 5.74) is 2.79. The second-order valence-electron chi connectivity index (χ2n) is 4.98. The maximum atomic E-state index is 11.8. The average molecular weight is 262 g/mol. The molecular formula is C14H18N2O3. The predicted molar refractivity (Wildman–Crippen MR) is 73.4 cm³/mol. The van der Waals surface area contributed by atoms with Gasteiger partial charge in [0.2, 0.25) is 0 Å². The van der Waals surface area contributed by atoms with Crippen LogP contribution in [0.4, 0.5) is 0 Å². The summed E-state index contributed by atoms with van der Waals surface area (Å²) >= 11 is 0. The zero-order valence-corrected chi connectivity index (χ0v) is 11.4. The molecule has 0 fully saturated rings. The zero-order valence-electron chi connectivity index (χ0n) is 11.4. The van der Waals surface area contributed by atoms with E-state index in [1.165, 1.54) is 0 Å². The van der Waals surface area contributed by atoms with E-state index in [1.807, 2.05) is 25.1 Å². The first-order valence-electron chi connectivity index (χ1n) is 6.29. The summed E-state index contributed by atoms with van der Waals surface area (Å²) in [6, 6.07) is 5.86. The highest BCUT2D eigenvalue weighted by Crippen LogP contribution is 2.24. The molecule has 1 aromatic heterocycles. The number of carboxylic acids is 1. The van der Waals surface area contributed by atoms with Crippen LogP contribution >= 0.6 is 0 Å². The molecule has 0 radical (unpaired) electrons. The van der Waals surface area contributed by atoms with Gasteiger partial charge in [-0.1, -0.05) is 13.0 Å². The number of aryl methyl sites for hydroxylation is 2. The largest absolute Gasteiger partial charge is 0.481 e. The zero-order chi connectivity index (χ0) is 14.2. The van der Waals surface area contributed by atoms with Crippen molar-refractivity contribution in [1.29, 1.82) is 0 Å². The van der Waals surface area contributed by atoms with Crippen LogP contribution in [-0.2, 0) is 18.9 Å². The molecule has 0 aliphatic heterocycles. The molecular weight excluding hydrogens is 244 g/mol. The van der Waals surface area contributed by atoms with Gasteiger partial charge in [-0.2, -0.15) is 0 Å². The number of nitrogens with zero attached hydrogens (tertiary/aromatic N) is 2. The molecule has 2 rings (SSSR count). The number of aliphatic carboxylic acids is 1. The third-order valence-electron chi connectivity index (χ3n) is 3.66. The normalized spacial score (nSPS) is 12.8. The summed E-state index contributed by atoms with van der Waals surface area (Å²) in [6.45, 7) is 2.01. The number of hydrogen-bond donors (Lipinski definition) is 1. The molecule has 0 saturated heterocycles. The van der Waals surface area contributed by atoms with Crippen molar-refractivity contribution in [3.63, 3.8) is 0 Å². The molecule has 0 spiro atoms. The first-order chi connectivity index (χ1) is 8.91. The van der Waals surface area contributed by atoms with Gasteiger partial charge in [-0.15, -0.1) is 0 Å². The van der Waals surface area contributed by atoms with Gasteiger partial charge in [-0.25, -0.2) is 4.79 Å². The maximum Gasteiger partial charge on any atom is 0.328 e. The molecule has 102 valence electrons. The van der Waals surface area contributed by atoms with Gasteiger partial charge >= 0.3 is 11.7 Å². The maximum absolute atomic E-state index is 11.8. The number of hydrogen-bond acceptors (Lipinski definition) is 2. The van der Waals surface area contributed by atoms with Crippen molar-refractivity contribution in [2.24, 2.45) is 14.1 Å². The summed E-state index contributed by atoms with van der Waals surface area (Å²) in [6.07, 6.45) is 0.758. The van der Waals surface area contributed by atoms with E-state index < -0.39 is 5.97 Å². The Kier molecular flexibility index (Phi) is 3.46. The number of fused-ring (bicyclic) bond motifs is 1. The van der Waals surface area contributed by atoms with Gasteiger partial charge in [0.05, 0.1) is 11.0 Å². The third kappa shape index (κ3) is 2.41. The van der Waals surface area contributed by atoms with Crippen molar-refractivity contribution in [2.45, 2.75) is 25.7 Å². The Morgan fingerprint density at radius 2 is 1.89 bits per heavy atom. The Morgan fingerprint density at radius 1 is 1.26 bits per heavy atom. The smallest absolute Gasteiger partial charge is 0.328 e. The molecule has 5 nitrogen and oxygen atoms in total. The van der Waals surface area contributed by atoms with Crippen molar-refractivity contribution in [1.82, 2.24) is 9.13 Å². The lowest BCUT2D eigenvalue weighted by molar-refractivity contribution is -0.137. The Morgan fingerprint density at radius 3 is 2.53 bits per heavy atom. The molecule has 0 amide bonds. The van der Waals surface area contributed by atoms with Gasteiger partial charge in [0, 0.05) is 20.5 Å². The van der Waals surface area contributed by atoms with Gasteiger partial charge in [-0.3, -0.25) is 13.9 Å². The molecule has 0 aliphatic carbocycles. The fourth-order valence-electron chi connectivity index (χ4n) is 2.34. The van der Waals surface area contributed by atoms with Crippen LogP contribution in [0.2, 0.25) is 0 Å². The lowest BCUT2D eigenvalue weighted by Gasteiger charge is -2.10. The van der Waals surface area contributed by atoms with Gasteiger partial charge < -0.3 is 5.11 Å². The van der Waals surface area contributed by atoms with Crippen LogP contribution in [0.25, 0.3) is 11.0 Å². The van der Waals surface area contributed by atoms with Crippen molar-refractivity contribution in [3.05, 3.63) is 34.2 Å². The second kappa shape index (κ2) is 4.91. The van der Waals surface area contributed by atoms with Crippen LogP contribution < -0.4 is 5.69 Å². The van der Waals surface area contributed by atoms with Crippen molar-refractivity contribution in [2.75, 3.05) is 0 Å². The van der Waals surface area contributed by atoms with Gasteiger partial charge in [-0.05, 0) is 30.0 Å². The number of rotatable bonds is 4. The van der Waals surface area contributed by atoms with E-state index in [2.05, 4.69) is 0 Å². The van der Waals surface area contributed by atoms with Gasteiger partial charge in [0.1, 0.15) is 0 Å². The number of benzene rings is 1. The highest BCUT2D eigenvalue weighted by Gasteiger charge is 2.12. The molecule has 1 atom stereocenters. The SMILES string of the molecule is CC(CCC(=O)O)c1ccc2c(c1)n(C)c(=O)n2C. The van der Waals surface area contributed by atoms with Crippen LogP contribution in [0.1, 0.15) is 31.2 Å². The molecule has 2 aromatic rings. The summed E-state index contributed by atoms with van der Waals surface area (Å²) in [7, 11) is 3.49. The number of carbonyl (C=O) groups is 1. The average Bonchev–Trinajstić information content (AvgIpc) is 2.61. The number of aromatic nitrogens is 2. The topological polar surface area (TPSA) is 64.2 Å². The van der Waals surface area contributed by atoms with E-state index in [-0.39, 0.29) is 18.0 Å². The van der Waals surface area contributed by atoms with Crippen molar-refractivity contribution < 1.29 is 9.90 Å². The molecule has 1 aromatic carbocycles. The molecule has 1 N–H and O–H groups in total. The minimum atomic E-state index is -0.778. The van der Waals surface area contributed by atoms with E-state index in [1.54, 1.807) is 23.2 Å². The monoisotopic (exact) mass is 262 g/mol. The Labute approximate surface area is 111 Å². The second-order valence-corrected chi connectivity index (χ2v) is 4.98. The predicted octanol–water partition coefficient (Wildman–Crippen LogP) is 1.85. The van der Waals surface area contributed by atoms with E-state index in [0.717, 1.165) is 16.6 Å². The fourth-order valence-corrected chi connectivity index (χ4v) is 2.34. The Hall–Kier alpha value is -2.04. The molecule has 1 unspecified atom stereocenters. The third-order valence-corrected chi connectivity index (χ3v) is 3.66. The van der Waals surface area contributed by atoms with Crippen LogP contribution in [0, 0.1) is 0 Å². The van der Waals surface area contributed by atoms with Gasteiger partial charge in [0.25, 0.3) is 0 Å². The Balaban J connectivity index is 2.39. The standard InChI is InChI=1S/C14H18N2O3/c1-9(4-7-13(17)18)10-5-6-11-12(8-10)16(3)14(19)15(11)2/h5-6,8-9H,4,7H2,1-3H3,(H,17,18). The van der Waals surface area contributed by atoms with Crippen LogP contribution in [0.15, 0.2) is 23.0 Å². The minimum Gasteiger partial charge on any atom is -0.481 e. The highest BCUT2D eigenvalue weighted by atomic mass is 16.4. The highest BCUT2D eigenvalue weighted by molar-refractivity contribution is 5.77. The van der Waals surface area contributed by atoms with E-state index >= 15 is 0 Å². The van der Waals surface area contributed by atoms with Crippen molar-refractivity contribution in [3.8, 4) is 0 Å². The number of carboxylic acid groups (broad SMARTS) is 1. The van der Waals surface area contributed by atoms with E-state index in [4.69, 9.17) is 5.11 Å². The summed E-state index contributed by atoms with van der Waals surface area (Å²) in [4.78, 5) is 22.4. The van der Waals surface area contributed by atoms with Crippen LogP contribution in [0.3, 0.4) is 0 Å². The van der Waals surface area contributed by atoms with Gasteiger partial charge in [0.15, 0.2) is 0 Å². The number of imidazole rings is 1. The summed E-state index contributed by atoms with van der Waals surface area (Å²) in [5.74, 6) is -0.615. The first kappa shape index (κ1) is 13.4. The molecule has 0 saturated carbocycles. The molecule has 5 heteroatoms. The molecule has 19 heavy (non-hydrogen) atoms. The van der Waals surface area contributed by atoms with E-state index in [0.29, 0.717) is 6.42 Å². The molecule has 1 heterocycles. The first-order valence-corrected chi connectivity index (χ1v) is 6.29. The lowest BCUT2D eigenvalue weighted by Crippen LogP contribution is -2.19. The van der Waals surface area contributed by atoms with E-state index in [9.17, 15) is 9.59 Å².